The Kier molecular flexibility index (Phi) is 6.73. The number of benzene rings is 3. The zero-order valence-electron chi connectivity index (χ0n) is 18.8. The molecule has 0 N–H and O–H groups in total. The van der Waals surface area contributed by atoms with Crippen LogP contribution in [0, 0.1) is 13.8 Å². The lowest BCUT2D eigenvalue weighted by Gasteiger charge is -2.25. The van der Waals surface area contributed by atoms with Gasteiger partial charge in [0.25, 0.3) is 5.91 Å². The van der Waals surface area contributed by atoms with Gasteiger partial charge in [-0.3, -0.25) is 9.69 Å². The number of hydrogen-bond acceptors (Lipinski definition) is 3. The maximum absolute atomic E-state index is 13.4. The average Bonchev–Trinajstić information content (AvgIpc) is 3.21. The summed E-state index contributed by atoms with van der Waals surface area (Å²) in [6.07, 6.45) is 0.641. The normalized spacial score (nSPS) is 15.8. The molecule has 0 spiro atoms. The van der Waals surface area contributed by atoms with Gasteiger partial charge >= 0.3 is 0 Å². The smallest absolute Gasteiger partial charge is 0.257 e. The first-order valence-electron chi connectivity index (χ1n) is 10.9. The summed E-state index contributed by atoms with van der Waals surface area (Å²) in [5.41, 5.74) is 6.45. The van der Waals surface area contributed by atoms with Gasteiger partial charge in [0, 0.05) is 23.6 Å². The summed E-state index contributed by atoms with van der Waals surface area (Å²) < 4.78 is 0. The number of carbonyl (C=O) groups is 1. The van der Waals surface area contributed by atoms with Crippen molar-refractivity contribution in [2.24, 2.45) is 5.10 Å². The number of likely N-dealkylation sites (N-methyl/N-ethyl adjacent to an activating group) is 1. The van der Waals surface area contributed by atoms with Crippen molar-refractivity contribution < 1.29 is 4.79 Å². The lowest BCUT2D eigenvalue weighted by atomic mass is 9.95. The number of amides is 1. The van der Waals surface area contributed by atoms with Gasteiger partial charge in [0.2, 0.25) is 0 Å². The molecule has 0 radical (unpaired) electrons. The van der Waals surface area contributed by atoms with E-state index in [9.17, 15) is 4.79 Å². The van der Waals surface area contributed by atoms with Crippen molar-refractivity contribution in [3.63, 3.8) is 0 Å². The molecule has 1 atom stereocenters. The van der Waals surface area contributed by atoms with E-state index in [4.69, 9.17) is 16.7 Å². The number of halogens is 1. The topological polar surface area (TPSA) is 35.9 Å². The molecule has 1 amide bonds. The third-order valence-corrected chi connectivity index (χ3v) is 6.18. The first kappa shape index (κ1) is 22.3. The highest BCUT2D eigenvalue weighted by atomic mass is 35.5. The number of rotatable bonds is 6. The third-order valence-electron chi connectivity index (χ3n) is 5.83. The van der Waals surface area contributed by atoms with Gasteiger partial charge in [0.05, 0.1) is 18.3 Å². The van der Waals surface area contributed by atoms with Crippen LogP contribution in [0.4, 0.5) is 0 Å². The second-order valence-electron chi connectivity index (χ2n) is 8.50. The fraction of sp³-hybridized carbons (Fsp3) is 0.259. The Morgan fingerprint density at radius 3 is 2.53 bits per heavy atom. The van der Waals surface area contributed by atoms with Crippen LogP contribution in [-0.4, -0.2) is 35.1 Å². The minimum absolute atomic E-state index is 0.0337. The van der Waals surface area contributed by atoms with Crippen molar-refractivity contribution >= 4 is 23.2 Å². The summed E-state index contributed by atoms with van der Waals surface area (Å²) in [6.45, 7) is 5.13. The third kappa shape index (κ3) is 4.93. The minimum Gasteiger partial charge on any atom is -0.293 e. The zero-order chi connectivity index (χ0) is 22.7. The summed E-state index contributed by atoms with van der Waals surface area (Å²) in [5, 5.41) is 7.13. The van der Waals surface area contributed by atoms with Gasteiger partial charge in [-0.1, -0.05) is 77.8 Å². The lowest BCUT2D eigenvalue weighted by Crippen LogP contribution is -2.36. The predicted octanol–water partition coefficient (Wildman–Crippen LogP) is 5.77. The van der Waals surface area contributed by atoms with Crippen molar-refractivity contribution in [3.05, 3.63) is 106 Å². The highest BCUT2D eigenvalue weighted by molar-refractivity contribution is 6.31. The average molecular weight is 446 g/mol. The van der Waals surface area contributed by atoms with E-state index in [-0.39, 0.29) is 18.5 Å². The minimum atomic E-state index is -0.212. The van der Waals surface area contributed by atoms with Crippen molar-refractivity contribution in [2.75, 3.05) is 13.6 Å². The Bertz CT molecular complexity index is 1140. The maximum Gasteiger partial charge on any atom is 0.257 e. The van der Waals surface area contributed by atoms with Crippen LogP contribution in [0.1, 0.15) is 40.3 Å². The van der Waals surface area contributed by atoms with Gasteiger partial charge in [-0.05, 0) is 49.7 Å². The maximum atomic E-state index is 13.4. The molecule has 1 aliphatic heterocycles. The van der Waals surface area contributed by atoms with Crippen molar-refractivity contribution in [2.45, 2.75) is 32.9 Å². The van der Waals surface area contributed by atoms with Crippen LogP contribution in [0.15, 0.2) is 77.9 Å². The fourth-order valence-corrected chi connectivity index (χ4v) is 4.45. The molecule has 164 valence electrons. The molecule has 32 heavy (non-hydrogen) atoms. The molecule has 0 bridgehead atoms. The number of hydrazone groups is 1. The summed E-state index contributed by atoms with van der Waals surface area (Å²) in [5.74, 6) is -0.0337. The molecule has 5 heteroatoms. The van der Waals surface area contributed by atoms with Crippen LogP contribution >= 0.6 is 11.6 Å². The van der Waals surface area contributed by atoms with E-state index in [1.165, 1.54) is 11.1 Å². The van der Waals surface area contributed by atoms with Crippen molar-refractivity contribution in [1.29, 1.82) is 0 Å². The summed E-state index contributed by atoms with van der Waals surface area (Å²) in [7, 11) is 1.96. The zero-order valence-corrected chi connectivity index (χ0v) is 19.5. The largest absolute Gasteiger partial charge is 0.293 e. The number of aryl methyl sites for hydroxylation is 2. The summed E-state index contributed by atoms with van der Waals surface area (Å²) in [6, 6.07) is 24.0. The lowest BCUT2D eigenvalue weighted by molar-refractivity contribution is -0.134. The molecule has 0 saturated heterocycles. The van der Waals surface area contributed by atoms with Crippen molar-refractivity contribution in [3.8, 4) is 0 Å². The fourth-order valence-electron chi connectivity index (χ4n) is 4.19. The monoisotopic (exact) mass is 445 g/mol. The molecule has 1 heterocycles. The Morgan fingerprint density at radius 1 is 1.06 bits per heavy atom. The molecule has 0 fully saturated rings. The molecule has 0 aliphatic carbocycles. The van der Waals surface area contributed by atoms with Crippen LogP contribution < -0.4 is 0 Å². The van der Waals surface area contributed by atoms with Gasteiger partial charge < -0.3 is 0 Å². The molecule has 3 aromatic carbocycles. The Hall–Kier alpha value is -2.95. The molecule has 1 aliphatic rings. The molecule has 4 nitrogen and oxygen atoms in total. The van der Waals surface area contributed by atoms with Crippen LogP contribution in [0.2, 0.25) is 5.02 Å². The van der Waals surface area contributed by atoms with Gasteiger partial charge in [0.15, 0.2) is 0 Å². The van der Waals surface area contributed by atoms with Crippen LogP contribution in [0.5, 0.6) is 0 Å². The van der Waals surface area contributed by atoms with E-state index in [0.717, 1.165) is 22.4 Å². The molecule has 3 aromatic rings. The molecule has 0 aromatic heterocycles. The highest BCUT2D eigenvalue weighted by Crippen LogP contribution is 2.37. The van der Waals surface area contributed by atoms with Gasteiger partial charge in [-0.25, -0.2) is 5.01 Å². The molecular formula is C27H28ClN3O. The van der Waals surface area contributed by atoms with E-state index in [1.54, 1.807) is 5.01 Å². The Morgan fingerprint density at radius 2 is 1.78 bits per heavy atom. The first-order valence-corrected chi connectivity index (χ1v) is 11.2. The number of nitrogens with zero attached hydrogens (tertiary/aromatic N) is 3. The molecule has 1 unspecified atom stereocenters. The first-order chi connectivity index (χ1) is 15.4. The van der Waals surface area contributed by atoms with E-state index >= 15 is 0 Å². The van der Waals surface area contributed by atoms with Crippen molar-refractivity contribution in [1.82, 2.24) is 9.91 Å². The van der Waals surface area contributed by atoms with Gasteiger partial charge in [-0.15, -0.1) is 0 Å². The van der Waals surface area contributed by atoms with E-state index in [2.05, 4.69) is 44.2 Å². The second kappa shape index (κ2) is 9.68. The Balaban J connectivity index is 1.61. The van der Waals surface area contributed by atoms with Crippen LogP contribution in [0.25, 0.3) is 0 Å². The van der Waals surface area contributed by atoms with Crippen LogP contribution in [-0.2, 0) is 11.3 Å². The molecular weight excluding hydrogens is 418 g/mol. The van der Waals surface area contributed by atoms with Gasteiger partial charge in [-0.2, -0.15) is 5.10 Å². The number of carbonyl (C=O) groups excluding carboxylic acids is 1. The second-order valence-corrected chi connectivity index (χ2v) is 8.91. The van der Waals surface area contributed by atoms with Crippen LogP contribution in [0.3, 0.4) is 0 Å². The molecule has 4 rings (SSSR count). The number of hydrogen-bond donors (Lipinski definition) is 0. The predicted molar refractivity (Wildman–Crippen MR) is 131 cm³/mol. The standard InChI is InChI=1S/C27H28ClN3O/c1-19-13-14-20(2)23(15-19)25-16-26(22-11-7-8-12-24(22)28)31(29-25)27(32)18-30(3)17-21-9-5-4-6-10-21/h4-15,26H,16-18H2,1-3H3. The molecule has 0 saturated carbocycles. The van der Waals surface area contributed by atoms with E-state index in [0.29, 0.717) is 18.0 Å². The highest BCUT2D eigenvalue weighted by Gasteiger charge is 2.34. The summed E-state index contributed by atoms with van der Waals surface area (Å²) in [4.78, 5) is 15.4. The van der Waals surface area contributed by atoms with E-state index in [1.807, 2.05) is 54.4 Å². The Labute approximate surface area is 195 Å². The van der Waals surface area contributed by atoms with Gasteiger partial charge in [0.1, 0.15) is 0 Å². The summed E-state index contributed by atoms with van der Waals surface area (Å²) >= 11 is 6.54. The SMILES string of the molecule is Cc1ccc(C)c(C2=NN(C(=O)CN(C)Cc3ccccc3)C(c3ccccc3Cl)C2)c1. The van der Waals surface area contributed by atoms with E-state index < -0.39 is 0 Å². The quantitative estimate of drug-likeness (QED) is 0.483.